The molecule has 7 nitrogen and oxygen atoms in total. The van der Waals surface area contributed by atoms with Crippen LogP contribution in [0.1, 0.15) is 25.0 Å². The fourth-order valence-electron chi connectivity index (χ4n) is 2.21. The van der Waals surface area contributed by atoms with Crippen LogP contribution >= 0.6 is 0 Å². The van der Waals surface area contributed by atoms with Crippen LogP contribution in [0.2, 0.25) is 0 Å². The average Bonchev–Trinajstić information content (AvgIpc) is 2.38. The predicted octanol–water partition coefficient (Wildman–Crippen LogP) is -6.42. The molecule has 0 spiro atoms. The van der Waals surface area contributed by atoms with Gasteiger partial charge in [-0.05, 0) is 31.4 Å². The predicted molar refractivity (Wildman–Crippen MR) is 77.1 cm³/mol. The maximum Gasteiger partial charge on any atom is 1.00 e. The summed E-state index contributed by atoms with van der Waals surface area (Å²) in [6.45, 7) is 4.69. The van der Waals surface area contributed by atoms with Crippen LogP contribution in [0.4, 0.5) is 5.69 Å². The van der Waals surface area contributed by atoms with Crippen molar-refractivity contribution in [3.8, 4) is 0 Å². The summed E-state index contributed by atoms with van der Waals surface area (Å²) in [7, 11) is -4.82. The van der Waals surface area contributed by atoms with Crippen molar-refractivity contribution in [1.82, 2.24) is 0 Å². The number of aliphatic carboxylic acids is 1. The van der Waals surface area contributed by atoms with E-state index in [2.05, 4.69) is 0 Å². The maximum absolute atomic E-state index is 12.2. The van der Waals surface area contributed by atoms with Crippen molar-refractivity contribution < 1.29 is 86.8 Å². The summed E-state index contributed by atoms with van der Waals surface area (Å²) >= 11 is 0. The second-order valence-electron chi connectivity index (χ2n) is 4.90. The molecule has 0 bridgehead atoms. The molecule has 1 atom stereocenters. The topological polar surface area (TPSA) is 118 Å². The van der Waals surface area contributed by atoms with Crippen LogP contribution in [-0.4, -0.2) is 36.6 Å². The quantitative estimate of drug-likeness (QED) is 0.362. The first-order valence-electron chi connectivity index (χ1n) is 6.63. The second-order valence-corrected chi connectivity index (χ2v) is 6.30. The van der Waals surface area contributed by atoms with E-state index in [4.69, 9.17) is 0 Å². The zero-order valence-electron chi connectivity index (χ0n) is 14.5. The number of nitrogens with zero attached hydrogens (tertiary/aromatic N) is 1. The Bertz CT molecular complexity index is 693. The van der Waals surface area contributed by atoms with Crippen LogP contribution in [0.3, 0.4) is 0 Å². The summed E-state index contributed by atoms with van der Waals surface area (Å²) in [5.41, 5.74) is 1.57. The molecule has 0 radical (unpaired) electrons. The normalized spacial score (nSPS) is 11.7. The van der Waals surface area contributed by atoms with Crippen LogP contribution in [-0.2, 0) is 26.1 Å². The Morgan fingerprint density at radius 3 is 2.21 bits per heavy atom. The third kappa shape index (κ3) is 7.13. The van der Waals surface area contributed by atoms with Gasteiger partial charge in [-0.3, -0.25) is 4.79 Å². The first kappa shape index (κ1) is 26.3. The number of hydrogen-bond donors (Lipinski definition) is 0. The fraction of sp³-hybridized carbons (Fsp3) is 0.429. The van der Waals surface area contributed by atoms with Crippen LogP contribution in [0.25, 0.3) is 0 Å². The van der Waals surface area contributed by atoms with Crippen molar-refractivity contribution >= 4 is 27.7 Å². The molecule has 1 aromatic rings. The third-order valence-electron chi connectivity index (χ3n) is 3.24. The summed E-state index contributed by atoms with van der Waals surface area (Å²) in [5, 5.41) is 11.2. The van der Waals surface area contributed by atoms with Gasteiger partial charge in [0.1, 0.15) is 15.9 Å². The Morgan fingerprint density at radius 2 is 1.79 bits per heavy atom. The number of aryl methyl sites for hydroxylation is 2. The molecule has 10 heteroatoms. The molecule has 0 aliphatic rings. The van der Waals surface area contributed by atoms with Gasteiger partial charge in [-0.1, -0.05) is 25.1 Å². The van der Waals surface area contributed by atoms with Gasteiger partial charge in [-0.15, -0.1) is 0 Å². The minimum atomic E-state index is -4.82. The van der Waals surface area contributed by atoms with Crippen LogP contribution in [0, 0.1) is 6.92 Å². The molecule has 1 amide bonds. The largest absolute Gasteiger partial charge is 1.00 e. The molecule has 0 saturated carbocycles. The average molecular weight is 373 g/mol. The summed E-state index contributed by atoms with van der Waals surface area (Å²) in [4.78, 5) is 24.2. The minimum absolute atomic E-state index is 0. The summed E-state index contributed by atoms with van der Waals surface area (Å²) in [6.07, 6.45) is 0.505. The number of hydrogen-bond acceptors (Lipinski definition) is 6. The van der Waals surface area contributed by atoms with Gasteiger partial charge < -0.3 is 19.4 Å². The zero-order valence-corrected chi connectivity index (χ0v) is 19.3. The van der Waals surface area contributed by atoms with Crippen molar-refractivity contribution in [2.75, 3.05) is 10.7 Å². The molecule has 122 valence electrons. The van der Waals surface area contributed by atoms with Gasteiger partial charge in [0, 0.05) is 0 Å². The molecule has 0 aliphatic carbocycles. The summed E-state index contributed by atoms with van der Waals surface area (Å²) in [5.74, 6) is -3.93. The Labute approximate surface area is 186 Å². The van der Waals surface area contributed by atoms with E-state index < -0.39 is 33.8 Å². The van der Waals surface area contributed by atoms with Gasteiger partial charge in [-0.2, -0.15) is 0 Å². The standard InChI is InChI=1S/C14H19NO6S.2Na/c1-4-11-7-5-6-9(2)13(11)15(10(3)14(17)18)12(16)8-22(19,20)21;;/h5-7,10H,4,8H2,1-3H3,(H,17,18)(H,19,20,21);;/q;2*+1/p-2. The Balaban J connectivity index is 0. The van der Waals surface area contributed by atoms with Crippen molar-refractivity contribution in [2.45, 2.75) is 33.2 Å². The molecular weight excluding hydrogens is 356 g/mol. The van der Waals surface area contributed by atoms with Gasteiger partial charge in [0.25, 0.3) is 0 Å². The van der Waals surface area contributed by atoms with Crippen LogP contribution in [0.15, 0.2) is 18.2 Å². The van der Waals surface area contributed by atoms with Gasteiger partial charge in [0.05, 0.1) is 17.7 Å². The molecule has 1 unspecified atom stereocenters. The van der Waals surface area contributed by atoms with E-state index in [-0.39, 0.29) is 59.1 Å². The van der Waals surface area contributed by atoms with Gasteiger partial charge in [0.15, 0.2) is 0 Å². The van der Waals surface area contributed by atoms with Crippen molar-refractivity contribution in [1.29, 1.82) is 0 Å². The number of carbonyl (C=O) groups is 2. The molecule has 0 saturated heterocycles. The summed E-state index contributed by atoms with van der Waals surface area (Å²) < 4.78 is 32.5. The van der Waals surface area contributed by atoms with Gasteiger partial charge in [0.2, 0.25) is 5.91 Å². The smallest absolute Gasteiger partial charge is 0.748 e. The number of rotatable bonds is 6. The number of carboxylic acids is 1. The Morgan fingerprint density at radius 1 is 1.25 bits per heavy atom. The first-order valence-corrected chi connectivity index (χ1v) is 8.21. The Kier molecular flexibility index (Phi) is 12.0. The number of para-hydroxylation sites is 1. The fourth-order valence-corrected chi connectivity index (χ4v) is 2.65. The molecule has 0 aliphatic heterocycles. The second kappa shape index (κ2) is 10.9. The number of benzene rings is 1. The van der Waals surface area contributed by atoms with E-state index in [9.17, 15) is 27.7 Å². The molecule has 24 heavy (non-hydrogen) atoms. The number of anilines is 1. The number of carboxylic acid groups (broad SMARTS) is 1. The van der Waals surface area contributed by atoms with Crippen LogP contribution in [0.5, 0.6) is 0 Å². The van der Waals surface area contributed by atoms with Crippen LogP contribution < -0.4 is 69.1 Å². The molecule has 0 heterocycles. The van der Waals surface area contributed by atoms with E-state index in [1.807, 2.05) is 6.92 Å². The van der Waals surface area contributed by atoms with Crippen molar-refractivity contribution in [3.05, 3.63) is 29.3 Å². The monoisotopic (exact) mass is 373 g/mol. The molecular formula is C14H17NNa2O6S. The first-order chi connectivity index (χ1) is 10.1. The van der Waals surface area contributed by atoms with Gasteiger partial charge in [-0.25, -0.2) is 8.42 Å². The van der Waals surface area contributed by atoms with Crippen molar-refractivity contribution in [3.63, 3.8) is 0 Å². The van der Waals surface area contributed by atoms with Crippen molar-refractivity contribution in [2.24, 2.45) is 0 Å². The third-order valence-corrected chi connectivity index (χ3v) is 3.84. The minimum Gasteiger partial charge on any atom is -0.748 e. The van der Waals surface area contributed by atoms with E-state index >= 15 is 0 Å². The zero-order chi connectivity index (χ0) is 17.1. The van der Waals surface area contributed by atoms with E-state index in [1.165, 1.54) is 6.92 Å². The molecule has 0 fully saturated rings. The van der Waals surface area contributed by atoms with Gasteiger partial charge >= 0.3 is 59.1 Å². The van der Waals surface area contributed by atoms with E-state index in [0.717, 1.165) is 4.90 Å². The number of carbonyl (C=O) groups excluding carboxylic acids is 2. The summed E-state index contributed by atoms with van der Waals surface area (Å²) in [6, 6.07) is 3.72. The molecule has 0 N–H and O–H groups in total. The van der Waals surface area contributed by atoms with E-state index in [0.29, 0.717) is 23.2 Å². The maximum atomic E-state index is 12.2. The number of amides is 1. The SMILES string of the molecule is CCc1cccc(C)c1N(C(=O)CS(=O)(=O)[O-])C(C)C(=O)[O-].[Na+].[Na+]. The Hall–Kier alpha value is 0.0700. The molecule has 1 rings (SSSR count). The molecule has 1 aromatic carbocycles. The molecule has 0 aromatic heterocycles. The van der Waals surface area contributed by atoms with E-state index in [1.54, 1.807) is 25.1 Å².